The Bertz CT molecular complexity index is 344. The molecule has 3 aliphatic rings. The van der Waals surface area contributed by atoms with Gasteiger partial charge in [-0.05, 0) is 38.0 Å². The highest BCUT2D eigenvalue weighted by molar-refractivity contribution is 5.65. The van der Waals surface area contributed by atoms with Crippen molar-refractivity contribution < 1.29 is 9.90 Å². The Morgan fingerprint density at radius 3 is 1.91 bits per heavy atom. The molecule has 22 heavy (non-hydrogen) atoms. The third-order valence-electron chi connectivity index (χ3n) is 6.11. The fourth-order valence-corrected chi connectivity index (χ4v) is 4.88. The average Bonchev–Trinajstić information content (AvgIpc) is 3.03. The summed E-state index contributed by atoms with van der Waals surface area (Å²) in [7, 11) is 0. The van der Waals surface area contributed by atoms with Crippen molar-refractivity contribution in [2.24, 2.45) is 5.92 Å². The minimum atomic E-state index is -0.732. The quantitative estimate of drug-likeness (QED) is 0.855. The lowest BCUT2D eigenvalue weighted by Crippen LogP contribution is -2.47. The third-order valence-corrected chi connectivity index (χ3v) is 6.11. The number of rotatable bonds is 4. The molecule has 0 spiro atoms. The van der Waals surface area contributed by atoms with Crippen LogP contribution in [0.25, 0.3) is 0 Å². The van der Waals surface area contributed by atoms with E-state index in [-0.39, 0.29) is 0 Å². The van der Waals surface area contributed by atoms with Gasteiger partial charge >= 0.3 is 6.09 Å². The number of amides is 1. The molecule has 2 saturated carbocycles. The summed E-state index contributed by atoms with van der Waals surface area (Å²) in [6.45, 7) is 2.63. The molecule has 1 unspecified atom stereocenters. The molecule has 1 N–H and O–H groups in total. The molecule has 0 radical (unpaired) electrons. The molecular formula is C18H32N2O2. The van der Waals surface area contributed by atoms with Crippen LogP contribution in [0.1, 0.15) is 70.6 Å². The molecule has 0 aromatic carbocycles. The zero-order chi connectivity index (χ0) is 15.4. The van der Waals surface area contributed by atoms with E-state index >= 15 is 0 Å². The minimum absolute atomic E-state index is 0.556. The van der Waals surface area contributed by atoms with Gasteiger partial charge in [0.05, 0.1) is 0 Å². The highest BCUT2D eigenvalue weighted by atomic mass is 16.4. The molecule has 4 heteroatoms. The van der Waals surface area contributed by atoms with Gasteiger partial charge < -0.3 is 10.0 Å². The Morgan fingerprint density at radius 2 is 1.45 bits per heavy atom. The van der Waals surface area contributed by atoms with E-state index in [9.17, 15) is 9.90 Å². The molecule has 1 heterocycles. The zero-order valence-electron chi connectivity index (χ0n) is 13.9. The summed E-state index contributed by atoms with van der Waals surface area (Å²) in [5.41, 5.74) is 0. The predicted molar refractivity (Wildman–Crippen MR) is 88.2 cm³/mol. The molecule has 4 nitrogen and oxygen atoms in total. The van der Waals surface area contributed by atoms with Crippen LogP contribution in [0, 0.1) is 5.92 Å². The first-order valence-corrected chi connectivity index (χ1v) is 9.47. The summed E-state index contributed by atoms with van der Waals surface area (Å²) < 4.78 is 0. The smallest absolute Gasteiger partial charge is 0.407 e. The molecule has 3 rings (SSSR count). The largest absolute Gasteiger partial charge is 0.465 e. The molecular weight excluding hydrogens is 276 g/mol. The van der Waals surface area contributed by atoms with Crippen molar-refractivity contribution >= 4 is 6.09 Å². The van der Waals surface area contributed by atoms with E-state index in [0.717, 1.165) is 38.1 Å². The highest BCUT2D eigenvalue weighted by Gasteiger charge is 2.33. The SMILES string of the molecule is O=C(O)N1CCC(CN(C2CCCCC2)C2CCCCC2)C1. The fourth-order valence-electron chi connectivity index (χ4n) is 4.88. The van der Waals surface area contributed by atoms with Crippen molar-refractivity contribution in [1.29, 1.82) is 0 Å². The number of hydrogen-bond donors (Lipinski definition) is 1. The topological polar surface area (TPSA) is 43.8 Å². The summed E-state index contributed by atoms with van der Waals surface area (Å²) >= 11 is 0. The van der Waals surface area contributed by atoms with Crippen molar-refractivity contribution in [3.8, 4) is 0 Å². The standard InChI is InChI=1S/C18H32N2O2/c21-18(22)19-12-11-15(13-19)14-20(16-7-3-1-4-8-16)17-9-5-2-6-10-17/h15-17H,1-14H2,(H,21,22). The molecule has 0 aromatic heterocycles. The third kappa shape index (κ3) is 3.95. The summed E-state index contributed by atoms with van der Waals surface area (Å²) in [5.74, 6) is 0.556. The van der Waals surface area contributed by atoms with E-state index in [4.69, 9.17) is 0 Å². The van der Waals surface area contributed by atoms with E-state index < -0.39 is 6.09 Å². The Kier molecular flexibility index (Phi) is 5.61. The van der Waals surface area contributed by atoms with Crippen LogP contribution in [0.4, 0.5) is 4.79 Å². The van der Waals surface area contributed by atoms with Crippen LogP contribution in [-0.2, 0) is 0 Å². The van der Waals surface area contributed by atoms with Gasteiger partial charge in [0.15, 0.2) is 0 Å². The Balaban J connectivity index is 1.61. The van der Waals surface area contributed by atoms with E-state index in [1.165, 1.54) is 64.2 Å². The van der Waals surface area contributed by atoms with Crippen LogP contribution < -0.4 is 0 Å². The van der Waals surface area contributed by atoms with Gasteiger partial charge in [-0.3, -0.25) is 4.90 Å². The number of nitrogens with zero attached hydrogens (tertiary/aromatic N) is 2. The van der Waals surface area contributed by atoms with Gasteiger partial charge in [-0.25, -0.2) is 4.79 Å². The maximum atomic E-state index is 11.1. The van der Waals surface area contributed by atoms with Crippen molar-refractivity contribution in [2.45, 2.75) is 82.7 Å². The number of hydrogen-bond acceptors (Lipinski definition) is 2. The summed E-state index contributed by atoms with van der Waals surface area (Å²) in [5, 5.41) is 9.17. The van der Waals surface area contributed by atoms with Gasteiger partial charge in [0.1, 0.15) is 0 Å². The first-order chi connectivity index (χ1) is 10.7. The van der Waals surface area contributed by atoms with Gasteiger partial charge in [0.2, 0.25) is 0 Å². The number of likely N-dealkylation sites (tertiary alicyclic amines) is 1. The first kappa shape index (κ1) is 16.1. The predicted octanol–water partition coefficient (Wildman–Crippen LogP) is 3.95. The zero-order valence-corrected chi connectivity index (χ0v) is 13.9. The molecule has 126 valence electrons. The Hall–Kier alpha value is -0.770. The second-order valence-corrected chi connectivity index (χ2v) is 7.66. The molecule has 3 fully saturated rings. The molecule has 1 saturated heterocycles. The summed E-state index contributed by atoms with van der Waals surface area (Å²) in [6.07, 6.45) is 14.2. The molecule has 1 aliphatic heterocycles. The van der Waals surface area contributed by atoms with Crippen molar-refractivity contribution in [3.63, 3.8) is 0 Å². The maximum Gasteiger partial charge on any atom is 0.407 e. The van der Waals surface area contributed by atoms with Crippen molar-refractivity contribution in [2.75, 3.05) is 19.6 Å². The lowest BCUT2D eigenvalue weighted by Gasteiger charge is -2.43. The van der Waals surface area contributed by atoms with Crippen molar-refractivity contribution in [3.05, 3.63) is 0 Å². The lowest BCUT2D eigenvalue weighted by molar-refractivity contribution is 0.0649. The van der Waals surface area contributed by atoms with Gasteiger partial charge in [-0.1, -0.05) is 38.5 Å². The molecule has 0 aromatic rings. The first-order valence-electron chi connectivity index (χ1n) is 9.47. The van der Waals surface area contributed by atoms with E-state index in [2.05, 4.69) is 4.90 Å². The van der Waals surface area contributed by atoms with Gasteiger partial charge in [-0.15, -0.1) is 0 Å². The normalized spacial score (nSPS) is 28.4. The Labute approximate surface area is 134 Å². The van der Waals surface area contributed by atoms with Crippen LogP contribution >= 0.6 is 0 Å². The average molecular weight is 308 g/mol. The second-order valence-electron chi connectivity index (χ2n) is 7.66. The van der Waals surface area contributed by atoms with Crippen LogP contribution in [0.15, 0.2) is 0 Å². The summed E-state index contributed by atoms with van der Waals surface area (Å²) in [4.78, 5) is 15.6. The Morgan fingerprint density at radius 1 is 0.909 bits per heavy atom. The minimum Gasteiger partial charge on any atom is -0.465 e. The molecule has 0 bridgehead atoms. The van der Waals surface area contributed by atoms with Gasteiger partial charge in [0, 0.05) is 31.7 Å². The second kappa shape index (κ2) is 7.67. The van der Waals surface area contributed by atoms with Crippen LogP contribution in [0.2, 0.25) is 0 Å². The van der Waals surface area contributed by atoms with E-state index in [1.807, 2.05) is 0 Å². The van der Waals surface area contributed by atoms with Crippen LogP contribution in [0.3, 0.4) is 0 Å². The monoisotopic (exact) mass is 308 g/mol. The number of carboxylic acid groups (broad SMARTS) is 1. The van der Waals surface area contributed by atoms with Crippen LogP contribution in [0.5, 0.6) is 0 Å². The lowest BCUT2D eigenvalue weighted by atomic mass is 9.87. The maximum absolute atomic E-state index is 11.1. The molecule has 1 amide bonds. The van der Waals surface area contributed by atoms with Gasteiger partial charge in [-0.2, -0.15) is 0 Å². The van der Waals surface area contributed by atoms with Crippen LogP contribution in [-0.4, -0.2) is 52.7 Å². The highest BCUT2D eigenvalue weighted by Crippen LogP contribution is 2.32. The van der Waals surface area contributed by atoms with Gasteiger partial charge in [0.25, 0.3) is 0 Å². The summed E-state index contributed by atoms with van der Waals surface area (Å²) in [6, 6.07) is 1.55. The van der Waals surface area contributed by atoms with E-state index in [0.29, 0.717) is 5.92 Å². The van der Waals surface area contributed by atoms with E-state index in [1.54, 1.807) is 4.90 Å². The number of carbonyl (C=O) groups is 1. The molecule has 2 aliphatic carbocycles. The molecule has 1 atom stereocenters. The van der Waals surface area contributed by atoms with Crippen molar-refractivity contribution in [1.82, 2.24) is 9.80 Å². The fraction of sp³-hybridized carbons (Fsp3) is 0.944.